The first-order chi connectivity index (χ1) is 12.0. The predicted octanol–water partition coefficient (Wildman–Crippen LogP) is 3.52. The number of aromatic nitrogens is 2. The van der Waals surface area contributed by atoms with Crippen molar-refractivity contribution in [2.24, 2.45) is 10.7 Å². The molecular formula is C17H15F2N5S. The van der Waals surface area contributed by atoms with E-state index >= 15 is 0 Å². The molecule has 1 aromatic carbocycles. The zero-order valence-electron chi connectivity index (χ0n) is 13.4. The van der Waals surface area contributed by atoms with Crippen LogP contribution in [0.3, 0.4) is 0 Å². The van der Waals surface area contributed by atoms with Gasteiger partial charge in [-0.1, -0.05) is 24.8 Å². The summed E-state index contributed by atoms with van der Waals surface area (Å²) in [6.45, 7) is 2.01. The largest absolute Gasteiger partial charge is 0.379 e. The van der Waals surface area contributed by atoms with Crippen LogP contribution in [0.5, 0.6) is 0 Å². The molecule has 0 aliphatic rings. The number of benzene rings is 1. The highest BCUT2D eigenvalue weighted by Gasteiger charge is 2.07. The van der Waals surface area contributed by atoms with Crippen LogP contribution >= 0.6 is 11.8 Å². The van der Waals surface area contributed by atoms with Gasteiger partial charge in [-0.05, 0) is 29.5 Å². The molecule has 2 N–H and O–H groups in total. The van der Waals surface area contributed by atoms with Gasteiger partial charge in [0.15, 0.2) is 16.7 Å². The highest BCUT2D eigenvalue weighted by molar-refractivity contribution is 8.13. The number of hydrogen-bond acceptors (Lipinski definition) is 5. The van der Waals surface area contributed by atoms with Crippen LogP contribution in [0.4, 0.5) is 8.78 Å². The Morgan fingerprint density at radius 2 is 2.20 bits per heavy atom. The van der Waals surface area contributed by atoms with E-state index in [1.165, 1.54) is 48.4 Å². The first-order valence-corrected chi connectivity index (χ1v) is 8.33. The lowest BCUT2D eigenvalue weighted by molar-refractivity contribution is 0.610. The second kappa shape index (κ2) is 8.89. The SMILES string of the molecule is CCS/C(N)=N\Cc1cc(/C=C(\F)c2cnc(C#N)cn2)ccc1F. The third kappa shape index (κ3) is 5.36. The normalized spacial score (nSPS) is 12.1. The van der Waals surface area contributed by atoms with E-state index in [2.05, 4.69) is 15.0 Å². The van der Waals surface area contributed by atoms with E-state index in [-0.39, 0.29) is 17.9 Å². The third-order valence-electron chi connectivity index (χ3n) is 3.07. The van der Waals surface area contributed by atoms with Gasteiger partial charge in [0.1, 0.15) is 17.6 Å². The van der Waals surface area contributed by atoms with Gasteiger partial charge in [-0.2, -0.15) is 5.26 Å². The van der Waals surface area contributed by atoms with Gasteiger partial charge >= 0.3 is 0 Å². The standard InChI is InChI=1S/C17H15F2N5S/c1-2-25-17(21)24-8-12-5-11(3-4-14(12)18)6-15(19)16-10-22-13(7-20)9-23-16/h3-6,9-10H,2,8H2,1H3,(H2,21,24)/b15-6-. The Kier molecular flexibility index (Phi) is 6.60. The lowest BCUT2D eigenvalue weighted by Gasteiger charge is -2.04. The number of nitriles is 1. The molecule has 2 aromatic rings. The molecule has 0 spiro atoms. The summed E-state index contributed by atoms with van der Waals surface area (Å²) in [4.78, 5) is 11.7. The highest BCUT2D eigenvalue weighted by atomic mass is 32.2. The van der Waals surface area contributed by atoms with Crippen molar-refractivity contribution in [2.45, 2.75) is 13.5 Å². The molecule has 0 bridgehead atoms. The maximum Gasteiger partial charge on any atom is 0.158 e. The topological polar surface area (TPSA) is 88.0 Å². The maximum absolute atomic E-state index is 14.2. The summed E-state index contributed by atoms with van der Waals surface area (Å²) in [5, 5.41) is 9.04. The zero-order chi connectivity index (χ0) is 18.2. The zero-order valence-corrected chi connectivity index (χ0v) is 14.2. The molecule has 25 heavy (non-hydrogen) atoms. The minimum Gasteiger partial charge on any atom is -0.379 e. The Morgan fingerprint density at radius 3 is 2.84 bits per heavy atom. The molecule has 0 saturated carbocycles. The number of halogens is 2. The molecule has 5 nitrogen and oxygen atoms in total. The smallest absolute Gasteiger partial charge is 0.158 e. The Labute approximate surface area is 148 Å². The summed E-state index contributed by atoms with van der Waals surface area (Å²) < 4.78 is 28.1. The van der Waals surface area contributed by atoms with Gasteiger partial charge < -0.3 is 5.73 Å². The fourth-order valence-electron chi connectivity index (χ4n) is 1.89. The number of nitrogens with zero attached hydrogens (tertiary/aromatic N) is 4. The van der Waals surface area contributed by atoms with E-state index < -0.39 is 11.6 Å². The average Bonchev–Trinajstić information content (AvgIpc) is 2.62. The number of hydrogen-bond donors (Lipinski definition) is 1. The van der Waals surface area contributed by atoms with Crippen molar-refractivity contribution < 1.29 is 8.78 Å². The van der Waals surface area contributed by atoms with E-state index in [1.807, 2.05) is 13.0 Å². The van der Waals surface area contributed by atoms with Crippen LogP contribution in [0.25, 0.3) is 11.9 Å². The summed E-state index contributed by atoms with van der Waals surface area (Å²) in [7, 11) is 0. The molecule has 0 unspecified atom stereocenters. The van der Waals surface area contributed by atoms with Crippen LogP contribution in [-0.2, 0) is 6.54 Å². The monoisotopic (exact) mass is 359 g/mol. The summed E-state index contributed by atoms with van der Waals surface area (Å²) in [5.41, 5.74) is 6.54. The number of thioether (sulfide) groups is 1. The Hall–Kier alpha value is -2.79. The average molecular weight is 359 g/mol. The van der Waals surface area contributed by atoms with Crippen molar-refractivity contribution in [3.8, 4) is 6.07 Å². The van der Waals surface area contributed by atoms with Crippen molar-refractivity contribution in [2.75, 3.05) is 5.75 Å². The predicted molar refractivity (Wildman–Crippen MR) is 95.6 cm³/mol. The van der Waals surface area contributed by atoms with Crippen LogP contribution < -0.4 is 5.73 Å². The number of nitrogens with two attached hydrogens (primary N) is 1. The van der Waals surface area contributed by atoms with Gasteiger partial charge in [-0.3, -0.25) is 4.99 Å². The lowest BCUT2D eigenvalue weighted by Crippen LogP contribution is -2.07. The van der Waals surface area contributed by atoms with Gasteiger partial charge in [0.05, 0.1) is 18.9 Å². The van der Waals surface area contributed by atoms with E-state index in [4.69, 9.17) is 11.0 Å². The van der Waals surface area contributed by atoms with E-state index in [9.17, 15) is 8.78 Å². The quantitative estimate of drug-likeness (QED) is 0.652. The summed E-state index contributed by atoms with van der Waals surface area (Å²) in [6, 6.07) is 6.00. The molecule has 0 radical (unpaired) electrons. The molecule has 2 rings (SSSR count). The van der Waals surface area contributed by atoms with Gasteiger partial charge in [0.2, 0.25) is 0 Å². The van der Waals surface area contributed by atoms with Crippen LogP contribution in [0, 0.1) is 17.1 Å². The van der Waals surface area contributed by atoms with E-state index in [0.29, 0.717) is 16.3 Å². The molecular weight excluding hydrogens is 344 g/mol. The van der Waals surface area contributed by atoms with Gasteiger partial charge in [0.25, 0.3) is 0 Å². The maximum atomic E-state index is 14.2. The van der Waals surface area contributed by atoms with E-state index in [0.717, 1.165) is 5.75 Å². The van der Waals surface area contributed by atoms with Crippen LogP contribution in [-0.4, -0.2) is 20.9 Å². The van der Waals surface area contributed by atoms with Crippen LogP contribution in [0.1, 0.15) is 29.4 Å². The summed E-state index contributed by atoms with van der Waals surface area (Å²) >= 11 is 1.37. The molecule has 0 fully saturated rings. The van der Waals surface area contributed by atoms with Crippen molar-refractivity contribution in [1.82, 2.24) is 9.97 Å². The Bertz CT molecular complexity index is 841. The van der Waals surface area contributed by atoms with Crippen LogP contribution in [0.15, 0.2) is 35.6 Å². The highest BCUT2D eigenvalue weighted by Crippen LogP contribution is 2.20. The minimum absolute atomic E-state index is 0.00788. The van der Waals surface area contributed by atoms with Crippen molar-refractivity contribution in [3.05, 3.63) is 58.9 Å². The number of rotatable bonds is 5. The summed E-state index contributed by atoms with van der Waals surface area (Å²) in [6.07, 6.45) is 3.57. The molecule has 8 heteroatoms. The molecule has 0 aliphatic carbocycles. The third-order valence-corrected chi connectivity index (χ3v) is 3.79. The second-order valence-electron chi connectivity index (χ2n) is 4.83. The molecule has 1 heterocycles. The fraction of sp³-hybridized carbons (Fsp3) is 0.176. The number of aliphatic imine (C=N–C) groups is 1. The molecule has 1 aromatic heterocycles. The first kappa shape index (κ1) is 18.5. The van der Waals surface area contributed by atoms with Crippen molar-refractivity contribution >= 4 is 28.8 Å². The Morgan fingerprint density at radius 1 is 1.40 bits per heavy atom. The molecule has 0 atom stereocenters. The lowest BCUT2D eigenvalue weighted by atomic mass is 10.1. The van der Waals surface area contributed by atoms with Gasteiger partial charge in [-0.25, -0.2) is 18.7 Å². The number of amidine groups is 1. The Balaban J connectivity index is 2.22. The van der Waals surface area contributed by atoms with Gasteiger partial charge in [-0.15, -0.1) is 0 Å². The molecule has 0 saturated heterocycles. The molecule has 0 aliphatic heterocycles. The van der Waals surface area contributed by atoms with Gasteiger partial charge in [0, 0.05) is 5.56 Å². The second-order valence-corrected chi connectivity index (χ2v) is 6.11. The van der Waals surface area contributed by atoms with Crippen LogP contribution in [0.2, 0.25) is 0 Å². The molecule has 0 amide bonds. The first-order valence-electron chi connectivity index (χ1n) is 7.34. The van der Waals surface area contributed by atoms with E-state index in [1.54, 1.807) is 0 Å². The van der Waals surface area contributed by atoms with Crippen molar-refractivity contribution in [1.29, 1.82) is 5.26 Å². The fourth-order valence-corrected chi connectivity index (χ4v) is 2.34. The summed E-state index contributed by atoms with van der Waals surface area (Å²) in [5.74, 6) is -0.301. The minimum atomic E-state index is -0.640. The van der Waals surface area contributed by atoms with Crippen molar-refractivity contribution in [3.63, 3.8) is 0 Å². The molecule has 128 valence electrons.